The summed E-state index contributed by atoms with van der Waals surface area (Å²) in [6, 6.07) is 6.39. The number of alkyl halides is 3. The quantitative estimate of drug-likeness (QED) is 0.674. The van der Waals surface area contributed by atoms with Crippen LogP contribution in [0.2, 0.25) is 0 Å². The summed E-state index contributed by atoms with van der Waals surface area (Å²) in [6.07, 6.45) is -3.52. The monoisotopic (exact) mass is 413 g/mol. The zero-order valence-corrected chi connectivity index (χ0v) is 17.9. The molecule has 162 valence electrons. The van der Waals surface area contributed by atoms with E-state index in [0.717, 1.165) is 18.4 Å². The van der Waals surface area contributed by atoms with Gasteiger partial charge in [-0.15, -0.1) is 0 Å². The Labute approximate surface area is 170 Å². The SMILES string of the molecule is CC.CC.CNc1ccc(C(F)(F)F)cc1.Cc1nn(C(C)C=O)c(N)c1C#N. The molecule has 1 aromatic heterocycles. The zero-order valence-electron chi connectivity index (χ0n) is 17.9. The van der Waals surface area contributed by atoms with Crippen LogP contribution in [0.4, 0.5) is 24.7 Å². The van der Waals surface area contributed by atoms with E-state index in [0.29, 0.717) is 16.9 Å². The van der Waals surface area contributed by atoms with Crippen LogP contribution in [0.1, 0.15) is 57.5 Å². The van der Waals surface area contributed by atoms with Crippen LogP contribution in [-0.2, 0) is 11.0 Å². The molecule has 2 rings (SSSR count). The van der Waals surface area contributed by atoms with Crippen molar-refractivity contribution in [3.8, 4) is 6.07 Å². The summed E-state index contributed by atoms with van der Waals surface area (Å²) >= 11 is 0. The standard InChI is InChI=1S/C8H8F3N.C8H10N4O.2C2H6/c1-12-7-4-2-6(3-5-7)8(9,10)11;1-5(4-13)12-8(10)7(3-9)6(2)11-12;2*1-2/h2-5,12H,1H3;4-5H,10H2,1-2H3;2*1-2H3. The predicted octanol–water partition coefficient (Wildman–Crippen LogP) is 5.20. The van der Waals surface area contributed by atoms with Crippen LogP contribution in [-0.4, -0.2) is 23.1 Å². The number of carbonyl (C=O) groups is 1. The van der Waals surface area contributed by atoms with Crippen LogP contribution in [0, 0.1) is 18.3 Å². The number of aryl methyl sites for hydroxylation is 1. The number of nitriles is 1. The largest absolute Gasteiger partial charge is 0.416 e. The fourth-order valence-corrected chi connectivity index (χ4v) is 1.90. The average molecular weight is 413 g/mol. The first kappa shape index (κ1) is 28.2. The molecule has 0 saturated heterocycles. The van der Waals surface area contributed by atoms with E-state index in [1.807, 2.05) is 33.8 Å². The van der Waals surface area contributed by atoms with E-state index in [1.54, 1.807) is 20.9 Å². The Balaban J connectivity index is 0. The van der Waals surface area contributed by atoms with Crippen molar-refractivity contribution in [3.63, 3.8) is 0 Å². The van der Waals surface area contributed by atoms with Crippen molar-refractivity contribution in [3.05, 3.63) is 41.1 Å². The highest BCUT2D eigenvalue weighted by atomic mass is 19.4. The maximum absolute atomic E-state index is 12.0. The van der Waals surface area contributed by atoms with Gasteiger partial charge in [-0.25, -0.2) is 4.68 Å². The lowest BCUT2D eigenvalue weighted by atomic mass is 10.2. The number of halogens is 3. The number of rotatable bonds is 3. The first-order chi connectivity index (χ1) is 13.6. The average Bonchev–Trinajstić information content (AvgIpc) is 3.03. The van der Waals surface area contributed by atoms with Crippen molar-refractivity contribution in [2.45, 2.75) is 53.8 Å². The van der Waals surface area contributed by atoms with Gasteiger partial charge in [-0.05, 0) is 38.1 Å². The second-order valence-electron chi connectivity index (χ2n) is 5.10. The van der Waals surface area contributed by atoms with Crippen molar-refractivity contribution in [1.82, 2.24) is 9.78 Å². The molecule has 0 fully saturated rings. The maximum atomic E-state index is 12.0. The van der Waals surface area contributed by atoms with Gasteiger partial charge in [-0.3, -0.25) is 0 Å². The van der Waals surface area contributed by atoms with E-state index in [-0.39, 0.29) is 5.82 Å². The number of aromatic nitrogens is 2. The number of anilines is 2. The summed E-state index contributed by atoms with van der Waals surface area (Å²) < 4.78 is 37.4. The Morgan fingerprint density at radius 3 is 2.00 bits per heavy atom. The molecule has 1 atom stereocenters. The van der Waals surface area contributed by atoms with Crippen LogP contribution in [0.25, 0.3) is 0 Å². The Kier molecular flexibility index (Phi) is 13.7. The van der Waals surface area contributed by atoms with Crippen LogP contribution in [0.5, 0.6) is 0 Å². The summed E-state index contributed by atoms with van der Waals surface area (Å²) in [7, 11) is 1.66. The number of hydrogen-bond donors (Lipinski definition) is 2. The van der Waals surface area contributed by atoms with Crippen molar-refractivity contribution in [1.29, 1.82) is 5.26 Å². The maximum Gasteiger partial charge on any atom is 0.416 e. The molecule has 0 aliphatic rings. The molecule has 0 radical (unpaired) electrons. The van der Waals surface area contributed by atoms with Gasteiger partial charge in [0.2, 0.25) is 0 Å². The predicted molar refractivity (Wildman–Crippen MR) is 111 cm³/mol. The highest BCUT2D eigenvalue weighted by molar-refractivity contribution is 5.59. The molecule has 0 spiro atoms. The summed E-state index contributed by atoms with van der Waals surface area (Å²) in [4.78, 5) is 10.5. The third kappa shape index (κ3) is 8.68. The lowest BCUT2D eigenvalue weighted by Crippen LogP contribution is -2.11. The lowest BCUT2D eigenvalue weighted by Gasteiger charge is -2.06. The molecule has 1 heterocycles. The molecule has 6 nitrogen and oxygen atoms in total. The highest BCUT2D eigenvalue weighted by Crippen LogP contribution is 2.29. The van der Waals surface area contributed by atoms with E-state index >= 15 is 0 Å². The van der Waals surface area contributed by atoms with Gasteiger partial charge in [0.1, 0.15) is 29.8 Å². The molecule has 0 amide bonds. The van der Waals surface area contributed by atoms with E-state index in [9.17, 15) is 18.0 Å². The van der Waals surface area contributed by atoms with E-state index in [1.165, 1.54) is 16.8 Å². The molecular weight excluding hydrogens is 383 g/mol. The number of aldehydes is 1. The molecule has 0 aliphatic carbocycles. The molecule has 9 heteroatoms. The summed E-state index contributed by atoms with van der Waals surface area (Å²) in [5.41, 5.74) is 6.55. The molecule has 0 bridgehead atoms. The first-order valence-electron chi connectivity index (χ1n) is 9.20. The molecule has 1 aromatic carbocycles. The minimum Gasteiger partial charge on any atom is -0.388 e. The topological polar surface area (TPSA) is 96.7 Å². The van der Waals surface area contributed by atoms with Gasteiger partial charge in [0, 0.05) is 12.7 Å². The lowest BCUT2D eigenvalue weighted by molar-refractivity contribution is -0.137. The number of hydrogen-bond acceptors (Lipinski definition) is 5. The van der Waals surface area contributed by atoms with Crippen LogP contribution in [0.3, 0.4) is 0 Å². The van der Waals surface area contributed by atoms with Crippen molar-refractivity contribution >= 4 is 17.8 Å². The van der Waals surface area contributed by atoms with Gasteiger partial charge in [0.15, 0.2) is 0 Å². The summed E-state index contributed by atoms with van der Waals surface area (Å²) in [6.45, 7) is 11.3. The van der Waals surface area contributed by atoms with E-state index < -0.39 is 17.8 Å². The first-order valence-corrected chi connectivity index (χ1v) is 9.20. The number of carbonyl (C=O) groups excluding carboxylic acids is 1. The molecular formula is C20H30F3N5O. The van der Waals surface area contributed by atoms with Crippen molar-refractivity contribution < 1.29 is 18.0 Å². The number of nitrogen functional groups attached to an aromatic ring is 1. The zero-order chi connectivity index (χ0) is 23.2. The molecule has 3 N–H and O–H groups in total. The normalized spacial score (nSPS) is 10.5. The minimum atomic E-state index is -4.24. The Bertz CT molecular complexity index is 762. The van der Waals surface area contributed by atoms with Crippen molar-refractivity contribution in [2.75, 3.05) is 18.1 Å². The van der Waals surface area contributed by atoms with Gasteiger partial charge in [-0.1, -0.05) is 27.7 Å². The van der Waals surface area contributed by atoms with Gasteiger partial charge < -0.3 is 15.8 Å². The fraction of sp³-hybridized carbons (Fsp3) is 0.450. The second-order valence-corrected chi connectivity index (χ2v) is 5.10. The minimum absolute atomic E-state index is 0.250. The van der Waals surface area contributed by atoms with Gasteiger partial charge in [-0.2, -0.15) is 23.5 Å². The van der Waals surface area contributed by atoms with E-state index in [2.05, 4.69) is 10.4 Å². The summed E-state index contributed by atoms with van der Waals surface area (Å²) in [5.74, 6) is 0.250. The van der Waals surface area contributed by atoms with Crippen LogP contribution < -0.4 is 11.1 Å². The van der Waals surface area contributed by atoms with Gasteiger partial charge in [0.25, 0.3) is 0 Å². The Hall–Kier alpha value is -3.02. The molecule has 29 heavy (non-hydrogen) atoms. The van der Waals surface area contributed by atoms with Gasteiger partial charge >= 0.3 is 6.18 Å². The second kappa shape index (κ2) is 14.0. The number of nitrogens with zero attached hydrogens (tertiary/aromatic N) is 3. The Morgan fingerprint density at radius 1 is 1.21 bits per heavy atom. The van der Waals surface area contributed by atoms with Crippen LogP contribution >= 0.6 is 0 Å². The Morgan fingerprint density at radius 2 is 1.69 bits per heavy atom. The number of nitrogens with one attached hydrogen (secondary N) is 1. The third-order valence-electron chi connectivity index (χ3n) is 3.32. The third-order valence-corrected chi connectivity index (χ3v) is 3.32. The summed E-state index contributed by atoms with van der Waals surface area (Å²) in [5, 5.41) is 15.4. The van der Waals surface area contributed by atoms with Gasteiger partial charge in [0.05, 0.1) is 11.3 Å². The molecule has 0 aliphatic heterocycles. The van der Waals surface area contributed by atoms with E-state index in [4.69, 9.17) is 11.0 Å². The number of nitrogens with two attached hydrogens (primary N) is 1. The fourth-order valence-electron chi connectivity index (χ4n) is 1.90. The number of benzene rings is 1. The molecule has 2 aromatic rings. The smallest absolute Gasteiger partial charge is 0.388 e. The van der Waals surface area contributed by atoms with Crippen molar-refractivity contribution in [2.24, 2.45) is 0 Å². The van der Waals surface area contributed by atoms with Crippen LogP contribution in [0.15, 0.2) is 24.3 Å². The highest BCUT2D eigenvalue weighted by Gasteiger charge is 2.29. The molecule has 1 unspecified atom stereocenters. The molecule has 0 saturated carbocycles.